The zero-order valence-corrected chi connectivity index (χ0v) is 10.9. The van der Waals surface area contributed by atoms with Crippen LogP contribution in [0.4, 0.5) is 5.82 Å². The molecule has 3 N–H and O–H groups in total. The Balaban J connectivity index is 1.96. The number of nitrogens with two attached hydrogens (primary N) is 1. The van der Waals surface area contributed by atoms with Gasteiger partial charge in [0.1, 0.15) is 17.5 Å². The molecule has 7 heteroatoms. The number of nitrogen functional groups attached to an aromatic ring is 1. The fourth-order valence-electron chi connectivity index (χ4n) is 2.22. The molecule has 6 nitrogen and oxygen atoms in total. The predicted molar refractivity (Wildman–Crippen MR) is 73.5 cm³/mol. The van der Waals surface area contributed by atoms with E-state index in [0.29, 0.717) is 22.9 Å². The van der Waals surface area contributed by atoms with Gasteiger partial charge in [-0.3, -0.25) is 5.41 Å². The largest absolute Gasteiger partial charge is 0.384 e. The number of anilines is 1. The van der Waals surface area contributed by atoms with E-state index in [9.17, 15) is 0 Å². The fourth-order valence-corrected chi connectivity index (χ4v) is 2.55. The molecule has 0 atom stereocenters. The van der Waals surface area contributed by atoms with Gasteiger partial charge in [-0.25, -0.2) is 9.97 Å². The first-order valence-corrected chi connectivity index (χ1v) is 6.28. The lowest BCUT2D eigenvalue weighted by Crippen LogP contribution is -2.34. The van der Waals surface area contributed by atoms with E-state index >= 15 is 0 Å². The molecule has 0 bridgehead atoms. The third-order valence-electron chi connectivity index (χ3n) is 3.21. The molecule has 0 fully saturated rings. The van der Waals surface area contributed by atoms with Crippen molar-refractivity contribution in [3.63, 3.8) is 0 Å². The maximum absolute atomic E-state index is 7.51. The van der Waals surface area contributed by atoms with Crippen LogP contribution in [-0.4, -0.2) is 26.9 Å². The highest BCUT2D eigenvalue weighted by atomic mass is 35.5. The Morgan fingerprint density at radius 2 is 2.16 bits per heavy atom. The summed E-state index contributed by atoms with van der Waals surface area (Å²) in [5, 5.41) is 7.94. The lowest BCUT2D eigenvalue weighted by Gasteiger charge is -2.29. The van der Waals surface area contributed by atoms with Crippen molar-refractivity contribution in [2.24, 2.45) is 5.73 Å². The van der Waals surface area contributed by atoms with E-state index in [2.05, 4.69) is 19.4 Å². The molecule has 98 valence electrons. The molecular formula is C12H13ClN6. The minimum absolute atomic E-state index is 0.0489. The van der Waals surface area contributed by atoms with E-state index in [1.165, 1.54) is 0 Å². The molecule has 1 aliphatic heterocycles. The van der Waals surface area contributed by atoms with Crippen LogP contribution in [0.5, 0.6) is 0 Å². The summed E-state index contributed by atoms with van der Waals surface area (Å²) in [7, 11) is 0. The van der Waals surface area contributed by atoms with E-state index in [0.717, 1.165) is 18.9 Å². The van der Waals surface area contributed by atoms with Crippen LogP contribution in [0.25, 0.3) is 0 Å². The number of nitrogens with zero attached hydrogens (tertiary/aromatic N) is 4. The zero-order chi connectivity index (χ0) is 13.4. The molecule has 0 aliphatic carbocycles. The van der Waals surface area contributed by atoms with E-state index in [1.54, 1.807) is 18.5 Å². The van der Waals surface area contributed by atoms with Gasteiger partial charge in [0.2, 0.25) is 0 Å². The zero-order valence-electron chi connectivity index (χ0n) is 10.2. The van der Waals surface area contributed by atoms with Crippen LogP contribution in [-0.2, 0) is 13.1 Å². The third-order valence-corrected chi connectivity index (χ3v) is 3.58. The first-order valence-electron chi connectivity index (χ1n) is 5.90. The Bertz CT molecular complexity index is 635. The molecule has 1 aliphatic rings. The molecule has 2 aromatic heterocycles. The molecule has 0 spiro atoms. The second-order valence-electron chi connectivity index (χ2n) is 4.37. The minimum Gasteiger partial charge on any atom is -0.384 e. The highest BCUT2D eigenvalue weighted by Crippen LogP contribution is 2.28. The van der Waals surface area contributed by atoms with Crippen LogP contribution in [0, 0.1) is 5.41 Å². The van der Waals surface area contributed by atoms with Gasteiger partial charge in [0.25, 0.3) is 0 Å². The number of hydrogen-bond acceptors (Lipinski definition) is 4. The summed E-state index contributed by atoms with van der Waals surface area (Å²) >= 11 is 6.29. The molecule has 0 aromatic carbocycles. The first kappa shape index (κ1) is 12.0. The van der Waals surface area contributed by atoms with Crippen molar-refractivity contribution < 1.29 is 0 Å². The number of rotatable bonds is 2. The first-order chi connectivity index (χ1) is 9.16. The third kappa shape index (κ3) is 2.04. The van der Waals surface area contributed by atoms with Crippen molar-refractivity contribution in [1.82, 2.24) is 14.5 Å². The Kier molecular flexibility index (Phi) is 2.87. The quantitative estimate of drug-likeness (QED) is 0.638. The Labute approximate surface area is 115 Å². The Morgan fingerprint density at radius 3 is 2.95 bits per heavy atom. The van der Waals surface area contributed by atoms with Crippen LogP contribution < -0.4 is 10.6 Å². The van der Waals surface area contributed by atoms with Crippen molar-refractivity contribution in [2.75, 3.05) is 11.4 Å². The molecule has 19 heavy (non-hydrogen) atoms. The minimum atomic E-state index is -0.0489. The van der Waals surface area contributed by atoms with Gasteiger partial charge < -0.3 is 15.2 Å². The van der Waals surface area contributed by atoms with E-state index in [4.69, 9.17) is 22.7 Å². The highest BCUT2D eigenvalue weighted by Gasteiger charge is 2.21. The average Bonchev–Trinajstić information content (AvgIpc) is 2.85. The van der Waals surface area contributed by atoms with E-state index < -0.39 is 0 Å². The van der Waals surface area contributed by atoms with Gasteiger partial charge in [-0.05, 0) is 6.07 Å². The van der Waals surface area contributed by atoms with Crippen molar-refractivity contribution in [1.29, 1.82) is 5.41 Å². The predicted octanol–water partition coefficient (Wildman–Crippen LogP) is 1.24. The SMILES string of the molecule is N=C(N)c1ccnc(N2CCn3ccnc3C2)c1Cl. The van der Waals surface area contributed by atoms with Crippen molar-refractivity contribution in [2.45, 2.75) is 13.1 Å². The lowest BCUT2D eigenvalue weighted by atomic mass is 10.2. The number of amidine groups is 1. The molecule has 0 unspecified atom stereocenters. The highest BCUT2D eigenvalue weighted by molar-refractivity contribution is 6.36. The van der Waals surface area contributed by atoms with Crippen LogP contribution >= 0.6 is 11.6 Å². The smallest absolute Gasteiger partial charge is 0.148 e. The summed E-state index contributed by atoms with van der Waals surface area (Å²) in [4.78, 5) is 10.7. The number of hydrogen-bond donors (Lipinski definition) is 2. The summed E-state index contributed by atoms with van der Waals surface area (Å²) in [5.41, 5.74) is 6.02. The summed E-state index contributed by atoms with van der Waals surface area (Å²) in [5.74, 6) is 1.59. The van der Waals surface area contributed by atoms with Crippen LogP contribution in [0.2, 0.25) is 5.02 Å². The maximum Gasteiger partial charge on any atom is 0.148 e. The summed E-state index contributed by atoms with van der Waals surface area (Å²) in [6, 6.07) is 1.65. The molecule has 3 heterocycles. The molecular weight excluding hydrogens is 264 g/mol. The van der Waals surface area contributed by atoms with Gasteiger partial charge >= 0.3 is 0 Å². The van der Waals surface area contributed by atoms with Crippen LogP contribution in [0.3, 0.4) is 0 Å². The fraction of sp³-hybridized carbons (Fsp3) is 0.250. The van der Waals surface area contributed by atoms with Gasteiger partial charge in [-0.15, -0.1) is 0 Å². The number of aromatic nitrogens is 3. The van der Waals surface area contributed by atoms with Crippen molar-refractivity contribution >= 4 is 23.3 Å². The number of pyridine rings is 1. The number of imidazole rings is 1. The standard InChI is InChI=1S/C12H13ClN6/c13-10-8(11(14)15)1-2-17-12(10)19-6-5-18-4-3-16-9(18)7-19/h1-4H,5-7H2,(H3,14,15). The second-order valence-corrected chi connectivity index (χ2v) is 4.75. The summed E-state index contributed by atoms with van der Waals surface area (Å²) < 4.78 is 2.11. The Morgan fingerprint density at radius 1 is 1.32 bits per heavy atom. The van der Waals surface area contributed by atoms with Gasteiger partial charge in [-0.2, -0.15) is 0 Å². The maximum atomic E-state index is 7.51. The van der Waals surface area contributed by atoms with Crippen molar-refractivity contribution in [3.05, 3.63) is 41.1 Å². The number of halogens is 1. The van der Waals surface area contributed by atoms with E-state index in [-0.39, 0.29) is 5.84 Å². The lowest BCUT2D eigenvalue weighted by molar-refractivity contribution is 0.556. The average molecular weight is 277 g/mol. The number of nitrogens with one attached hydrogen (secondary N) is 1. The normalized spacial score (nSPS) is 14.3. The molecule has 2 aromatic rings. The molecule has 0 radical (unpaired) electrons. The van der Waals surface area contributed by atoms with Crippen LogP contribution in [0.1, 0.15) is 11.4 Å². The molecule has 0 saturated heterocycles. The monoisotopic (exact) mass is 276 g/mol. The van der Waals surface area contributed by atoms with Gasteiger partial charge in [0.15, 0.2) is 0 Å². The molecule has 3 rings (SSSR count). The summed E-state index contributed by atoms with van der Waals surface area (Å²) in [6.45, 7) is 2.30. The molecule has 0 amide bonds. The van der Waals surface area contributed by atoms with Gasteiger partial charge in [0.05, 0.1) is 11.6 Å². The van der Waals surface area contributed by atoms with Gasteiger partial charge in [0, 0.05) is 37.2 Å². The Hall–Kier alpha value is -2.08. The summed E-state index contributed by atoms with van der Waals surface area (Å²) in [6.07, 6.45) is 5.38. The van der Waals surface area contributed by atoms with E-state index in [1.807, 2.05) is 6.20 Å². The second kappa shape index (κ2) is 4.55. The topological polar surface area (TPSA) is 83.8 Å². The van der Waals surface area contributed by atoms with Gasteiger partial charge in [-0.1, -0.05) is 11.6 Å². The van der Waals surface area contributed by atoms with Crippen molar-refractivity contribution in [3.8, 4) is 0 Å². The van der Waals surface area contributed by atoms with Crippen LogP contribution in [0.15, 0.2) is 24.7 Å². The molecule has 0 saturated carbocycles. The number of fused-ring (bicyclic) bond motifs is 1.